The minimum Gasteiger partial charge on any atom is -0.454 e. The largest absolute Gasteiger partial charge is 0.454 e. The lowest BCUT2D eigenvalue weighted by molar-refractivity contribution is 0.102. The van der Waals surface area contributed by atoms with Crippen molar-refractivity contribution in [2.45, 2.75) is 5.16 Å². The average molecular weight is 404 g/mol. The summed E-state index contributed by atoms with van der Waals surface area (Å²) in [7, 11) is 1.68. The van der Waals surface area contributed by atoms with Crippen LogP contribution in [0.4, 0.5) is 0 Å². The number of ketones is 1. The number of hydrogen-bond acceptors (Lipinski definition) is 6. The molecule has 6 nitrogen and oxygen atoms in total. The molecule has 0 aliphatic carbocycles. The first-order valence-electron chi connectivity index (χ1n) is 9.05. The molecule has 0 bridgehead atoms. The lowest BCUT2D eigenvalue weighted by Gasteiger charge is -2.09. The Labute approximate surface area is 170 Å². The summed E-state index contributed by atoms with van der Waals surface area (Å²) < 4.78 is 12.1. The summed E-state index contributed by atoms with van der Waals surface area (Å²) >= 11 is 1.25. The van der Waals surface area contributed by atoms with Crippen molar-refractivity contribution in [3.63, 3.8) is 0 Å². The Hall–Kier alpha value is -3.32. The Kier molecular flexibility index (Phi) is 4.24. The Bertz CT molecular complexity index is 1350. The number of rotatable bonds is 4. The van der Waals surface area contributed by atoms with Crippen LogP contribution >= 0.6 is 11.8 Å². The first-order chi connectivity index (χ1) is 14.1. The summed E-state index contributed by atoms with van der Waals surface area (Å²) in [5, 5.41) is 3.09. The molecule has 0 amide bonds. The Balaban J connectivity index is 1.45. The highest BCUT2D eigenvalue weighted by Crippen LogP contribution is 2.33. The standard InChI is InChI=1S/C22H16N2O4S/c1-24-21(26)16-8-13-4-2-3-5-14(13)9-17(16)23-22(24)29-11-18(25)15-6-7-19-20(10-15)28-12-27-19/h2-10H,11-12H2,1H3. The van der Waals surface area contributed by atoms with Gasteiger partial charge >= 0.3 is 0 Å². The zero-order valence-electron chi connectivity index (χ0n) is 15.5. The van der Waals surface area contributed by atoms with Gasteiger partial charge in [-0.15, -0.1) is 0 Å². The van der Waals surface area contributed by atoms with Crippen LogP contribution in [-0.2, 0) is 7.05 Å². The van der Waals surface area contributed by atoms with Crippen LogP contribution in [-0.4, -0.2) is 27.9 Å². The molecule has 0 fully saturated rings. The summed E-state index contributed by atoms with van der Waals surface area (Å²) in [5.41, 5.74) is 1.04. The third kappa shape index (κ3) is 3.13. The minimum absolute atomic E-state index is 0.0684. The van der Waals surface area contributed by atoms with Crippen molar-refractivity contribution < 1.29 is 14.3 Å². The maximum atomic E-state index is 12.8. The van der Waals surface area contributed by atoms with Crippen LogP contribution in [0.25, 0.3) is 21.7 Å². The summed E-state index contributed by atoms with van der Waals surface area (Å²) in [4.78, 5) is 30.1. The molecule has 4 aromatic rings. The molecular weight excluding hydrogens is 388 g/mol. The van der Waals surface area contributed by atoms with E-state index >= 15 is 0 Å². The second kappa shape index (κ2) is 6.93. The summed E-state index contributed by atoms with van der Waals surface area (Å²) in [6.45, 7) is 0.166. The average Bonchev–Trinajstić information content (AvgIpc) is 3.22. The van der Waals surface area contributed by atoms with Crippen LogP contribution < -0.4 is 15.0 Å². The van der Waals surface area contributed by atoms with Crippen LogP contribution in [0.5, 0.6) is 11.5 Å². The smallest absolute Gasteiger partial charge is 0.261 e. The molecule has 144 valence electrons. The van der Waals surface area contributed by atoms with E-state index in [1.165, 1.54) is 16.3 Å². The number of fused-ring (bicyclic) bond motifs is 3. The zero-order chi connectivity index (χ0) is 20.0. The van der Waals surface area contributed by atoms with Gasteiger partial charge in [-0.25, -0.2) is 4.98 Å². The molecule has 0 saturated heterocycles. The van der Waals surface area contributed by atoms with E-state index in [1.54, 1.807) is 25.2 Å². The molecule has 1 aromatic heterocycles. The van der Waals surface area contributed by atoms with Gasteiger partial charge in [0.2, 0.25) is 6.79 Å². The number of Topliss-reactive ketones (excluding diaryl/α,β-unsaturated/α-hetero) is 1. The number of ether oxygens (including phenoxy) is 2. The number of nitrogens with zero attached hydrogens (tertiary/aromatic N) is 2. The maximum Gasteiger partial charge on any atom is 0.261 e. The second-order valence-electron chi connectivity index (χ2n) is 6.75. The highest BCUT2D eigenvalue weighted by Gasteiger charge is 2.17. The van der Waals surface area contributed by atoms with Crippen molar-refractivity contribution in [3.8, 4) is 11.5 Å². The van der Waals surface area contributed by atoms with Gasteiger partial charge in [0.1, 0.15) is 0 Å². The Morgan fingerprint density at radius 2 is 1.83 bits per heavy atom. The van der Waals surface area contributed by atoms with E-state index in [-0.39, 0.29) is 23.9 Å². The fourth-order valence-electron chi connectivity index (χ4n) is 3.35. The highest BCUT2D eigenvalue weighted by atomic mass is 32.2. The van der Waals surface area contributed by atoms with E-state index in [9.17, 15) is 9.59 Å². The fourth-order valence-corrected chi connectivity index (χ4v) is 4.22. The molecule has 5 rings (SSSR count). The lowest BCUT2D eigenvalue weighted by atomic mass is 10.1. The van der Waals surface area contributed by atoms with E-state index in [1.807, 2.05) is 36.4 Å². The van der Waals surface area contributed by atoms with Gasteiger partial charge in [-0.2, -0.15) is 0 Å². The van der Waals surface area contributed by atoms with Crippen LogP contribution in [0.1, 0.15) is 10.4 Å². The van der Waals surface area contributed by atoms with Crippen LogP contribution in [0.15, 0.2) is 64.5 Å². The minimum atomic E-state index is -0.126. The van der Waals surface area contributed by atoms with Crippen molar-refractivity contribution >= 4 is 39.2 Å². The van der Waals surface area contributed by atoms with Crippen LogP contribution in [0.3, 0.4) is 0 Å². The molecule has 1 aliphatic rings. The van der Waals surface area contributed by atoms with Gasteiger partial charge in [-0.05, 0) is 41.1 Å². The predicted molar refractivity (Wildman–Crippen MR) is 112 cm³/mol. The molecule has 0 saturated carbocycles. The summed E-state index contributed by atoms with van der Waals surface area (Å²) in [5.74, 6) is 1.31. The maximum absolute atomic E-state index is 12.8. The zero-order valence-corrected chi connectivity index (χ0v) is 16.4. The first-order valence-corrected chi connectivity index (χ1v) is 10.0. The molecule has 2 heterocycles. The normalized spacial score (nSPS) is 12.6. The number of thioether (sulfide) groups is 1. The van der Waals surface area contributed by atoms with Gasteiger partial charge in [-0.1, -0.05) is 36.0 Å². The third-order valence-corrected chi connectivity index (χ3v) is 5.96. The highest BCUT2D eigenvalue weighted by molar-refractivity contribution is 7.99. The number of benzene rings is 3. The monoisotopic (exact) mass is 404 g/mol. The molecule has 29 heavy (non-hydrogen) atoms. The second-order valence-corrected chi connectivity index (χ2v) is 7.70. The van der Waals surface area contributed by atoms with Gasteiger partial charge in [0.05, 0.1) is 16.7 Å². The molecule has 7 heteroatoms. The summed E-state index contributed by atoms with van der Waals surface area (Å²) in [6, 6.07) is 16.8. The van der Waals surface area contributed by atoms with Gasteiger partial charge in [0, 0.05) is 12.6 Å². The third-order valence-electron chi connectivity index (χ3n) is 4.93. The number of carbonyl (C=O) groups excluding carboxylic acids is 1. The molecule has 0 radical (unpaired) electrons. The Morgan fingerprint density at radius 3 is 2.66 bits per heavy atom. The molecule has 0 N–H and O–H groups in total. The first kappa shape index (κ1) is 17.8. The van der Waals surface area contributed by atoms with Crippen molar-refractivity contribution in [1.29, 1.82) is 0 Å². The van der Waals surface area contributed by atoms with E-state index in [0.29, 0.717) is 33.1 Å². The van der Waals surface area contributed by atoms with Crippen molar-refractivity contribution in [2.24, 2.45) is 7.05 Å². The van der Waals surface area contributed by atoms with Crippen molar-refractivity contribution in [2.75, 3.05) is 12.5 Å². The quantitative estimate of drug-likeness (QED) is 0.223. The number of hydrogen-bond donors (Lipinski definition) is 0. The van der Waals surface area contributed by atoms with E-state index in [2.05, 4.69) is 4.98 Å². The molecule has 0 spiro atoms. The van der Waals surface area contributed by atoms with Crippen LogP contribution in [0, 0.1) is 0 Å². The van der Waals surface area contributed by atoms with E-state index in [4.69, 9.17) is 9.47 Å². The number of carbonyl (C=O) groups is 1. The van der Waals surface area contributed by atoms with Crippen molar-refractivity contribution in [3.05, 3.63) is 70.5 Å². The fraction of sp³-hybridized carbons (Fsp3) is 0.136. The van der Waals surface area contributed by atoms with E-state index < -0.39 is 0 Å². The Morgan fingerprint density at radius 1 is 1.07 bits per heavy atom. The van der Waals surface area contributed by atoms with Gasteiger partial charge < -0.3 is 9.47 Å². The molecule has 1 aliphatic heterocycles. The topological polar surface area (TPSA) is 70.4 Å². The van der Waals surface area contributed by atoms with Gasteiger partial charge in [-0.3, -0.25) is 14.2 Å². The number of aromatic nitrogens is 2. The summed E-state index contributed by atoms with van der Waals surface area (Å²) in [6.07, 6.45) is 0. The molecule has 0 atom stereocenters. The van der Waals surface area contributed by atoms with Gasteiger partial charge in [0.25, 0.3) is 5.56 Å². The molecular formula is C22H16N2O4S. The lowest BCUT2D eigenvalue weighted by Crippen LogP contribution is -2.20. The van der Waals surface area contributed by atoms with E-state index in [0.717, 1.165) is 10.8 Å². The predicted octanol–water partition coefficient (Wildman–Crippen LogP) is 3.79. The SMILES string of the molecule is Cn1c(SCC(=O)c2ccc3c(c2)OCO3)nc2cc3ccccc3cc2c1=O. The molecule has 3 aromatic carbocycles. The van der Waals surface area contributed by atoms with Gasteiger partial charge in [0.15, 0.2) is 22.4 Å². The van der Waals surface area contributed by atoms with Crippen molar-refractivity contribution in [1.82, 2.24) is 9.55 Å². The molecule has 0 unspecified atom stereocenters. The van der Waals surface area contributed by atoms with Crippen LogP contribution in [0.2, 0.25) is 0 Å².